The molecule has 22 heavy (non-hydrogen) atoms. The SMILES string of the molecule is CC(C)(C)c1ccc(NC(=O)N2CC(n3nccn3)C2)cc1. The summed E-state index contributed by atoms with van der Waals surface area (Å²) in [6.07, 6.45) is 3.30. The van der Waals surface area contributed by atoms with Gasteiger partial charge in [0.05, 0.1) is 12.4 Å². The number of hydrogen-bond acceptors (Lipinski definition) is 3. The molecule has 1 saturated heterocycles. The molecule has 6 heteroatoms. The van der Waals surface area contributed by atoms with E-state index < -0.39 is 0 Å². The van der Waals surface area contributed by atoms with Crippen LogP contribution in [0.1, 0.15) is 32.4 Å². The van der Waals surface area contributed by atoms with Crippen molar-refractivity contribution < 1.29 is 4.79 Å². The van der Waals surface area contributed by atoms with Gasteiger partial charge in [0, 0.05) is 18.8 Å². The number of hydrogen-bond donors (Lipinski definition) is 1. The van der Waals surface area contributed by atoms with Gasteiger partial charge in [-0.25, -0.2) is 4.79 Å². The summed E-state index contributed by atoms with van der Waals surface area (Å²) in [5.41, 5.74) is 2.18. The van der Waals surface area contributed by atoms with E-state index in [0.717, 1.165) is 5.69 Å². The molecule has 0 spiro atoms. The van der Waals surface area contributed by atoms with Gasteiger partial charge in [-0.3, -0.25) is 0 Å². The molecule has 0 bridgehead atoms. The molecular formula is C16H21N5O. The van der Waals surface area contributed by atoms with E-state index in [0.29, 0.717) is 13.1 Å². The zero-order chi connectivity index (χ0) is 15.7. The number of carbonyl (C=O) groups excluding carboxylic acids is 1. The minimum absolute atomic E-state index is 0.0769. The van der Waals surface area contributed by atoms with Gasteiger partial charge in [0.2, 0.25) is 0 Å². The van der Waals surface area contributed by atoms with Gasteiger partial charge in [0.15, 0.2) is 0 Å². The van der Waals surface area contributed by atoms with E-state index in [1.54, 1.807) is 22.1 Å². The number of aromatic nitrogens is 3. The number of nitrogens with one attached hydrogen (secondary N) is 1. The minimum Gasteiger partial charge on any atom is -0.320 e. The van der Waals surface area contributed by atoms with Crippen LogP contribution in [0.5, 0.6) is 0 Å². The molecule has 1 aliphatic heterocycles. The van der Waals surface area contributed by atoms with Crippen molar-refractivity contribution in [2.24, 2.45) is 0 Å². The first-order valence-corrected chi connectivity index (χ1v) is 7.46. The van der Waals surface area contributed by atoms with E-state index in [1.807, 2.05) is 12.1 Å². The highest BCUT2D eigenvalue weighted by atomic mass is 16.2. The van der Waals surface area contributed by atoms with Crippen LogP contribution in [0.4, 0.5) is 10.5 Å². The first-order valence-electron chi connectivity index (χ1n) is 7.46. The molecule has 0 atom stereocenters. The van der Waals surface area contributed by atoms with Gasteiger partial charge < -0.3 is 10.2 Å². The molecule has 2 heterocycles. The van der Waals surface area contributed by atoms with Gasteiger partial charge in [0.25, 0.3) is 0 Å². The van der Waals surface area contributed by atoms with Crippen LogP contribution in [0.25, 0.3) is 0 Å². The average molecular weight is 299 g/mol. The lowest BCUT2D eigenvalue weighted by Crippen LogP contribution is -2.52. The Morgan fingerprint density at radius 3 is 2.27 bits per heavy atom. The fraction of sp³-hybridized carbons (Fsp3) is 0.438. The summed E-state index contributed by atoms with van der Waals surface area (Å²) in [6, 6.07) is 8.12. The molecule has 116 valence electrons. The molecule has 1 fully saturated rings. The Balaban J connectivity index is 1.55. The van der Waals surface area contributed by atoms with E-state index in [1.165, 1.54) is 5.56 Å². The Bertz CT molecular complexity index is 636. The second-order valence-electron chi connectivity index (χ2n) is 6.67. The summed E-state index contributed by atoms with van der Waals surface area (Å²) in [4.78, 5) is 15.6. The number of benzene rings is 1. The molecule has 0 radical (unpaired) electrons. The van der Waals surface area contributed by atoms with Crippen molar-refractivity contribution in [2.75, 3.05) is 18.4 Å². The molecule has 0 unspecified atom stereocenters. The number of carbonyl (C=O) groups is 1. The normalized spacial score (nSPS) is 15.5. The molecule has 2 aromatic rings. The summed E-state index contributed by atoms with van der Waals surface area (Å²) in [5, 5.41) is 11.1. The number of likely N-dealkylation sites (tertiary alicyclic amines) is 1. The van der Waals surface area contributed by atoms with Crippen molar-refractivity contribution in [3.63, 3.8) is 0 Å². The van der Waals surface area contributed by atoms with Gasteiger partial charge in [-0.1, -0.05) is 32.9 Å². The molecule has 0 saturated carbocycles. The summed E-state index contributed by atoms with van der Waals surface area (Å²) in [5.74, 6) is 0. The molecule has 1 N–H and O–H groups in total. The van der Waals surface area contributed by atoms with Crippen LogP contribution in [0, 0.1) is 0 Å². The lowest BCUT2D eigenvalue weighted by atomic mass is 9.87. The highest BCUT2D eigenvalue weighted by Crippen LogP contribution is 2.24. The second kappa shape index (κ2) is 5.44. The third-order valence-corrected chi connectivity index (χ3v) is 3.91. The van der Waals surface area contributed by atoms with Gasteiger partial charge in [-0.05, 0) is 23.1 Å². The van der Waals surface area contributed by atoms with Crippen molar-refractivity contribution in [2.45, 2.75) is 32.2 Å². The topological polar surface area (TPSA) is 63.1 Å². The molecule has 3 rings (SSSR count). The predicted octanol–water partition coefficient (Wildman–Crippen LogP) is 2.66. The number of rotatable bonds is 2. The smallest absolute Gasteiger partial charge is 0.320 e. The highest BCUT2D eigenvalue weighted by Gasteiger charge is 2.33. The number of anilines is 1. The van der Waals surface area contributed by atoms with Crippen LogP contribution in [-0.2, 0) is 5.41 Å². The Morgan fingerprint density at radius 2 is 1.73 bits per heavy atom. The summed E-state index contributed by atoms with van der Waals surface area (Å²) >= 11 is 0. The highest BCUT2D eigenvalue weighted by molar-refractivity contribution is 5.89. The maximum atomic E-state index is 12.2. The van der Waals surface area contributed by atoms with Crippen molar-refractivity contribution in [3.05, 3.63) is 42.2 Å². The summed E-state index contributed by atoms with van der Waals surface area (Å²) in [6.45, 7) is 7.79. The van der Waals surface area contributed by atoms with E-state index in [2.05, 4.69) is 48.4 Å². The van der Waals surface area contributed by atoms with Gasteiger partial charge in [-0.2, -0.15) is 15.0 Å². The van der Waals surface area contributed by atoms with Crippen LogP contribution >= 0.6 is 0 Å². The monoisotopic (exact) mass is 299 g/mol. The quantitative estimate of drug-likeness (QED) is 0.927. The van der Waals surface area contributed by atoms with E-state index in [-0.39, 0.29) is 17.5 Å². The zero-order valence-corrected chi connectivity index (χ0v) is 13.2. The van der Waals surface area contributed by atoms with E-state index >= 15 is 0 Å². The summed E-state index contributed by atoms with van der Waals surface area (Å²) in [7, 11) is 0. The molecule has 0 aliphatic carbocycles. The van der Waals surface area contributed by atoms with Gasteiger partial charge in [0.1, 0.15) is 6.04 Å². The molecule has 6 nitrogen and oxygen atoms in total. The van der Waals surface area contributed by atoms with Crippen LogP contribution in [0.3, 0.4) is 0 Å². The molecule has 1 aromatic carbocycles. The molecule has 1 aromatic heterocycles. The standard InChI is InChI=1S/C16H21N5O/c1-16(2,3)12-4-6-13(7-5-12)19-15(22)20-10-14(11-20)21-17-8-9-18-21/h4-9,14H,10-11H2,1-3H3,(H,19,22). The fourth-order valence-corrected chi connectivity index (χ4v) is 2.44. The minimum atomic E-state index is -0.0769. The van der Waals surface area contributed by atoms with Gasteiger partial charge >= 0.3 is 6.03 Å². The predicted molar refractivity (Wildman–Crippen MR) is 84.8 cm³/mol. The second-order valence-corrected chi connectivity index (χ2v) is 6.67. The average Bonchev–Trinajstić information content (AvgIpc) is 2.90. The third-order valence-electron chi connectivity index (χ3n) is 3.91. The number of urea groups is 1. The van der Waals surface area contributed by atoms with E-state index in [9.17, 15) is 4.79 Å². The Kier molecular flexibility index (Phi) is 3.60. The zero-order valence-electron chi connectivity index (χ0n) is 13.2. The lowest BCUT2D eigenvalue weighted by molar-refractivity contribution is 0.119. The van der Waals surface area contributed by atoms with Crippen molar-refractivity contribution in [1.29, 1.82) is 0 Å². The van der Waals surface area contributed by atoms with Crippen molar-refractivity contribution in [3.8, 4) is 0 Å². The van der Waals surface area contributed by atoms with Crippen LogP contribution in [0.2, 0.25) is 0 Å². The third kappa shape index (κ3) is 2.95. The summed E-state index contributed by atoms with van der Waals surface area (Å²) < 4.78 is 0. The van der Waals surface area contributed by atoms with Gasteiger partial charge in [-0.15, -0.1) is 0 Å². The van der Waals surface area contributed by atoms with Crippen molar-refractivity contribution in [1.82, 2.24) is 19.9 Å². The lowest BCUT2D eigenvalue weighted by Gasteiger charge is -2.38. The molecule has 2 amide bonds. The largest absolute Gasteiger partial charge is 0.321 e. The number of nitrogens with zero attached hydrogens (tertiary/aromatic N) is 4. The Labute approximate surface area is 130 Å². The number of amides is 2. The maximum Gasteiger partial charge on any atom is 0.321 e. The molecule has 1 aliphatic rings. The van der Waals surface area contributed by atoms with Crippen molar-refractivity contribution >= 4 is 11.7 Å². The Hall–Kier alpha value is -2.37. The molecular weight excluding hydrogens is 278 g/mol. The first-order chi connectivity index (χ1) is 10.4. The Morgan fingerprint density at radius 1 is 1.14 bits per heavy atom. The first kappa shape index (κ1) is 14.6. The van der Waals surface area contributed by atoms with Crippen LogP contribution in [0.15, 0.2) is 36.7 Å². The van der Waals surface area contributed by atoms with Crippen LogP contribution in [-0.4, -0.2) is 39.0 Å². The van der Waals surface area contributed by atoms with E-state index in [4.69, 9.17) is 0 Å². The fourth-order valence-electron chi connectivity index (χ4n) is 2.44. The van der Waals surface area contributed by atoms with Crippen LogP contribution < -0.4 is 5.32 Å². The maximum absolute atomic E-state index is 12.2.